The SMILES string of the molecule is C=NC(=O)c1c(Br)cccc1N1CC2(CCCCC2)c2cc(C(CC)CCNC)ccc21. The van der Waals surface area contributed by atoms with Gasteiger partial charge in [-0.3, -0.25) is 4.79 Å². The Morgan fingerprint density at radius 1 is 1.22 bits per heavy atom. The number of carbonyl (C=O) groups is 1. The minimum absolute atomic E-state index is 0.162. The first-order valence-electron chi connectivity index (χ1n) is 11.9. The number of hydrogen-bond acceptors (Lipinski definition) is 3. The lowest BCUT2D eigenvalue weighted by Crippen LogP contribution is -2.34. The molecule has 170 valence electrons. The predicted octanol–water partition coefficient (Wildman–Crippen LogP) is 6.75. The molecule has 32 heavy (non-hydrogen) atoms. The normalized spacial score (nSPS) is 17.9. The molecule has 1 heterocycles. The highest BCUT2D eigenvalue weighted by atomic mass is 79.9. The maximum Gasteiger partial charge on any atom is 0.279 e. The average Bonchev–Trinajstić information content (AvgIpc) is 3.12. The number of anilines is 2. The van der Waals surface area contributed by atoms with E-state index in [-0.39, 0.29) is 11.3 Å². The van der Waals surface area contributed by atoms with Crippen LogP contribution in [0.4, 0.5) is 11.4 Å². The van der Waals surface area contributed by atoms with E-state index in [0.29, 0.717) is 11.5 Å². The fourth-order valence-corrected chi connectivity index (χ4v) is 6.29. The highest BCUT2D eigenvalue weighted by Gasteiger charge is 2.44. The molecule has 1 amide bonds. The van der Waals surface area contributed by atoms with Gasteiger partial charge in [0.25, 0.3) is 5.91 Å². The molecule has 1 N–H and O–H groups in total. The van der Waals surface area contributed by atoms with Crippen LogP contribution in [0.15, 0.2) is 45.9 Å². The third-order valence-electron chi connectivity index (χ3n) is 7.50. The maximum absolute atomic E-state index is 12.7. The Labute approximate surface area is 200 Å². The third kappa shape index (κ3) is 4.17. The fraction of sp³-hybridized carbons (Fsp3) is 0.481. The summed E-state index contributed by atoms with van der Waals surface area (Å²) in [6.45, 7) is 7.74. The lowest BCUT2D eigenvalue weighted by molar-refractivity contribution is 0.100. The number of aliphatic imine (C=N–C) groups is 1. The van der Waals surface area contributed by atoms with Gasteiger partial charge in [0, 0.05) is 22.1 Å². The van der Waals surface area contributed by atoms with Gasteiger partial charge in [0.2, 0.25) is 0 Å². The number of amides is 1. The monoisotopic (exact) mass is 495 g/mol. The lowest BCUT2D eigenvalue weighted by atomic mass is 9.70. The van der Waals surface area contributed by atoms with Crippen molar-refractivity contribution in [3.05, 3.63) is 57.6 Å². The summed E-state index contributed by atoms with van der Waals surface area (Å²) in [5.74, 6) is 0.281. The van der Waals surface area contributed by atoms with Crippen molar-refractivity contribution in [3.8, 4) is 0 Å². The zero-order valence-electron chi connectivity index (χ0n) is 19.3. The predicted molar refractivity (Wildman–Crippen MR) is 138 cm³/mol. The molecular formula is C27H34BrN3O. The molecule has 0 saturated heterocycles. The Hall–Kier alpha value is -1.98. The topological polar surface area (TPSA) is 44.7 Å². The molecule has 1 unspecified atom stereocenters. The van der Waals surface area contributed by atoms with E-state index in [9.17, 15) is 4.79 Å². The van der Waals surface area contributed by atoms with Crippen LogP contribution >= 0.6 is 15.9 Å². The summed E-state index contributed by atoms with van der Waals surface area (Å²) in [7, 11) is 2.03. The maximum atomic E-state index is 12.7. The van der Waals surface area contributed by atoms with Crippen LogP contribution in [0.3, 0.4) is 0 Å². The van der Waals surface area contributed by atoms with Crippen LogP contribution < -0.4 is 10.2 Å². The van der Waals surface area contributed by atoms with Crippen LogP contribution in [-0.4, -0.2) is 32.8 Å². The number of carbonyl (C=O) groups excluding carboxylic acids is 1. The van der Waals surface area contributed by atoms with Gasteiger partial charge in [-0.05, 0) is 97.2 Å². The first-order chi connectivity index (χ1) is 15.5. The molecule has 0 radical (unpaired) electrons. The highest BCUT2D eigenvalue weighted by molar-refractivity contribution is 9.10. The summed E-state index contributed by atoms with van der Waals surface area (Å²) >= 11 is 3.59. The van der Waals surface area contributed by atoms with Gasteiger partial charge in [0.15, 0.2) is 0 Å². The fourth-order valence-electron chi connectivity index (χ4n) is 5.77. The molecule has 1 fully saturated rings. The summed E-state index contributed by atoms with van der Waals surface area (Å²) < 4.78 is 0.772. The summed E-state index contributed by atoms with van der Waals surface area (Å²) in [4.78, 5) is 18.8. The molecule has 0 aromatic heterocycles. The molecule has 2 aromatic rings. The second-order valence-electron chi connectivity index (χ2n) is 9.30. The number of benzene rings is 2. The number of rotatable bonds is 7. The second-order valence-corrected chi connectivity index (χ2v) is 10.2. The Morgan fingerprint density at radius 2 is 2.00 bits per heavy atom. The number of halogens is 1. The number of nitrogens with zero attached hydrogens (tertiary/aromatic N) is 2. The first kappa shape index (κ1) is 23.2. The lowest BCUT2D eigenvalue weighted by Gasteiger charge is -2.35. The van der Waals surface area contributed by atoms with Crippen molar-refractivity contribution in [1.82, 2.24) is 5.32 Å². The zero-order chi connectivity index (χ0) is 22.7. The summed E-state index contributed by atoms with van der Waals surface area (Å²) in [5, 5.41) is 3.31. The zero-order valence-corrected chi connectivity index (χ0v) is 20.9. The van der Waals surface area contributed by atoms with Crippen molar-refractivity contribution in [2.45, 2.75) is 63.2 Å². The van der Waals surface area contributed by atoms with E-state index in [1.165, 1.54) is 48.9 Å². The number of nitrogens with one attached hydrogen (secondary N) is 1. The van der Waals surface area contributed by atoms with E-state index in [1.807, 2.05) is 25.2 Å². The van der Waals surface area contributed by atoms with Crippen LogP contribution in [0.5, 0.6) is 0 Å². The van der Waals surface area contributed by atoms with E-state index < -0.39 is 0 Å². The molecule has 0 bridgehead atoms. The largest absolute Gasteiger partial charge is 0.340 e. The molecular weight excluding hydrogens is 462 g/mol. The summed E-state index contributed by atoms with van der Waals surface area (Å²) in [5.41, 5.74) is 5.86. The van der Waals surface area contributed by atoms with Gasteiger partial charge in [-0.1, -0.05) is 44.4 Å². The van der Waals surface area contributed by atoms with E-state index in [1.54, 1.807) is 0 Å². The van der Waals surface area contributed by atoms with E-state index in [2.05, 4.69) is 63.0 Å². The first-order valence-corrected chi connectivity index (χ1v) is 12.7. The van der Waals surface area contributed by atoms with Crippen molar-refractivity contribution in [3.63, 3.8) is 0 Å². The molecule has 1 aliphatic heterocycles. The Morgan fingerprint density at radius 3 is 2.69 bits per heavy atom. The highest BCUT2D eigenvalue weighted by Crippen LogP contribution is 2.53. The van der Waals surface area contributed by atoms with Gasteiger partial charge in [0.1, 0.15) is 0 Å². The van der Waals surface area contributed by atoms with Crippen molar-refractivity contribution in [2.24, 2.45) is 4.99 Å². The van der Waals surface area contributed by atoms with Crippen molar-refractivity contribution >= 4 is 39.9 Å². The summed E-state index contributed by atoms with van der Waals surface area (Å²) in [6.07, 6.45) is 8.58. The Kier molecular flexibility index (Phi) is 7.16. The third-order valence-corrected chi connectivity index (χ3v) is 8.16. The summed E-state index contributed by atoms with van der Waals surface area (Å²) in [6, 6.07) is 13.1. The minimum atomic E-state index is -0.284. The molecule has 1 atom stereocenters. The van der Waals surface area contributed by atoms with Crippen LogP contribution in [0, 0.1) is 0 Å². The van der Waals surface area contributed by atoms with Crippen molar-refractivity contribution < 1.29 is 4.79 Å². The number of fused-ring (bicyclic) bond motifs is 2. The molecule has 5 heteroatoms. The van der Waals surface area contributed by atoms with E-state index in [4.69, 9.17) is 0 Å². The number of hydrogen-bond donors (Lipinski definition) is 1. The second kappa shape index (κ2) is 9.88. The standard InChI is InChI=1S/C27H34BrN3O/c1-4-19(13-16-29-2)20-11-12-23-21(17-20)27(14-6-5-7-15-27)18-31(23)24-10-8-9-22(28)25(24)26(32)30-3/h8-12,17,19,29H,3-7,13-16,18H2,1-2H3. The smallest absolute Gasteiger partial charge is 0.279 e. The van der Waals surface area contributed by atoms with Crippen LogP contribution in [0.25, 0.3) is 0 Å². The average molecular weight is 496 g/mol. The van der Waals surface area contributed by atoms with Gasteiger partial charge in [-0.2, -0.15) is 0 Å². The molecule has 4 nitrogen and oxygen atoms in total. The van der Waals surface area contributed by atoms with Gasteiger partial charge in [0.05, 0.1) is 11.3 Å². The van der Waals surface area contributed by atoms with Crippen molar-refractivity contribution in [1.29, 1.82) is 0 Å². The quantitative estimate of drug-likeness (QED) is 0.432. The molecule has 2 aliphatic rings. The Bertz CT molecular complexity index is 996. The van der Waals surface area contributed by atoms with E-state index in [0.717, 1.165) is 36.1 Å². The van der Waals surface area contributed by atoms with Crippen molar-refractivity contribution in [2.75, 3.05) is 25.0 Å². The minimum Gasteiger partial charge on any atom is -0.340 e. The van der Waals surface area contributed by atoms with Crippen LogP contribution in [0.2, 0.25) is 0 Å². The van der Waals surface area contributed by atoms with Crippen LogP contribution in [0.1, 0.15) is 79.3 Å². The molecule has 1 spiro atoms. The molecule has 1 saturated carbocycles. The van der Waals surface area contributed by atoms with Gasteiger partial charge < -0.3 is 10.2 Å². The van der Waals surface area contributed by atoms with Gasteiger partial charge in [-0.15, -0.1) is 0 Å². The molecule has 2 aromatic carbocycles. The van der Waals surface area contributed by atoms with E-state index >= 15 is 0 Å². The van der Waals surface area contributed by atoms with Gasteiger partial charge in [-0.25, -0.2) is 4.99 Å². The molecule has 1 aliphatic carbocycles. The van der Waals surface area contributed by atoms with Crippen LogP contribution in [-0.2, 0) is 5.41 Å². The molecule has 4 rings (SSSR count). The van der Waals surface area contributed by atoms with Gasteiger partial charge >= 0.3 is 0 Å². The Balaban J connectivity index is 1.83.